The number of rotatable bonds is 9. The molecule has 3 aromatic carbocycles. The highest BCUT2D eigenvalue weighted by atomic mass is 35.5. The lowest BCUT2D eigenvalue weighted by molar-refractivity contribution is -0.150. The zero-order valence-electron chi connectivity index (χ0n) is 21.0. The van der Waals surface area contributed by atoms with Crippen LogP contribution in [0.25, 0.3) is 10.8 Å². The molecule has 2 atom stereocenters. The summed E-state index contributed by atoms with van der Waals surface area (Å²) in [7, 11) is 4.75. The average Bonchev–Trinajstić information content (AvgIpc) is 2.92. The molecule has 192 valence electrons. The largest absolute Gasteiger partial charge is 0.497 e. The number of fused-ring (bicyclic) bond motifs is 1. The summed E-state index contributed by atoms with van der Waals surface area (Å²) in [5.74, 6) is 0.967. The van der Waals surface area contributed by atoms with Gasteiger partial charge in [-0.05, 0) is 58.7 Å². The highest BCUT2D eigenvalue weighted by Crippen LogP contribution is 2.36. The van der Waals surface area contributed by atoms with Gasteiger partial charge in [-0.3, -0.25) is 9.78 Å². The second-order valence-electron chi connectivity index (χ2n) is 8.52. The lowest BCUT2D eigenvalue weighted by Crippen LogP contribution is -2.19. The predicted octanol–water partition coefficient (Wildman–Crippen LogP) is 7.20. The number of halogens is 2. The number of carbonyl (C=O) groups is 1. The first-order valence-corrected chi connectivity index (χ1v) is 12.4. The summed E-state index contributed by atoms with van der Waals surface area (Å²) in [4.78, 5) is 17.4. The van der Waals surface area contributed by atoms with Crippen molar-refractivity contribution >= 4 is 39.9 Å². The maximum atomic E-state index is 13.4. The minimum absolute atomic E-state index is 0.256. The van der Waals surface area contributed by atoms with Crippen molar-refractivity contribution < 1.29 is 23.7 Å². The Morgan fingerprint density at radius 2 is 1.46 bits per heavy atom. The first-order chi connectivity index (χ1) is 17.8. The second-order valence-corrected chi connectivity index (χ2v) is 9.33. The molecule has 0 spiro atoms. The monoisotopic (exact) mass is 539 g/mol. The zero-order chi connectivity index (χ0) is 26.5. The van der Waals surface area contributed by atoms with Crippen molar-refractivity contribution in [1.82, 2.24) is 4.98 Å². The Kier molecular flexibility index (Phi) is 8.41. The summed E-state index contributed by atoms with van der Waals surface area (Å²) in [6, 6.07) is 17.1. The summed E-state index contributed by atoms with van der Waals surface area (Å²) in [6.45, 7) is 1.82. The Morgan fingerprint density at radius 3 is 2.14 bits per heavy atom. The number of methoxy groups -OCH3 is 3. The molecule has 0 aliphatic rings. The van der Waals surface area contributed by atoms with Gasteiger partial charge < -0.3 is 18.9 Å². The number of esters is 1. The van der Waals surface area contributed by atoms with Crippen LogP contribution < -0.4 is 14.2 Å². The van der Waals surface area contributed by atoms with Gasteiger partial charge in [-0.15, -0.1) is 0 Å². The van der Waals surface area contributed by atoms with Crippen LogP contribution in [-0.2, 0) is 16.0 Å². The van der Waals surface area contributed by atoms with Crippen molar-refractivity contribution in [3.63, 3.8) is 0 Å². The maximum Gasteiger partial charge on any atom is 0.313 e. The van der Waals surface area contributed by atoms with E-state index in [0.717, 1.165) is 22.1 Å². The van der Waals surface area contributed by atoms with Gasteiger partial charge in [0.05, 0.1) is 37.3 Å². The number of hydrogen-bond acceptors (Lipinski definition) is 6. The van der Waals surface area contributed by atoms with Crippen LogP contribution in [0.3, 0.4) is 0 Å². The lowest BCUT2D eigenvalue weighted by atomic mass is 9.97. The Labute approximate surface area is 226 Å². The van der Waals surface area contributed by atoms with Gasteiger partial charge in [0.25, 0.3) is 0 Å². The number of ether oxygens (including phenoxy) is 4. The van der Waals surface area contributed by atoms with Crippen molar-refractivity contribution in [2.75, 3.05) is 21.3 Å². The van der Waals surface area contributed by atoms with Crippen molar-refractivity contribution in [2.24, 2.45) is 0 Å². The van der Waals surface area contributed by atoms with Gasteiger partial charge in [0.15, 0.2) is 11.5 Å². The molecule has 0 fully saturated rings. The molecule has 1 aromatic heterocycles. The van der Waals surface area contributed by atoms with Gasteiger partial charge in [-0.1, -0.05) is 53.5 Å². The van der Waals surface area contributed by atoms with Gasteiger partial charge in [0.2, 0.25) is 0 Å². The highest BCUT2D eigenvalue weighted by molar-refractivity contribution is 6.35. The van der Waals surface area contributed by atoms with E-state index in [1.54, 1.807) is 33.5 Å². The van der Waals surface area contributed by atoms with E-state index in [1.165, 1.54) is 12.4 Å². The zero-order valence-corrected chi connectivity index (χ0v) is 22.5. The van der Waals surface area contributed by atoms with Crippen molar-refractivity contribution in [3.8, 4) is 17.2 Å². The number of nitrogens with zero attached hydrogens (tertiary/aromatic N) is 1. The van der Waals surface area contributed by atoms with Crippen LogP contribution in [-0.4, -0.2) is 32.3 Å². The van der Waals surface area contributed by atoms with Crippen LogP contribution in [0.2, 0.25) is 10.0 Å². The molecule has 0 amide bonds. The summed E-state index contributed by atoms with van der Waals surface area (Å²) in [6.07, 6.45) is 2.61. The SMILES string of the molecule is COc1ccc2cc([C@@H](C)C(=O)OC(Cc3c(Cl)cncc3Cl)c3ccc(OC)c(OC)c3)ccc2c1. The summed E-state index contributed by atoms with van der Waals surface area (Å²) < 4.78 is 22.2. The third-order valence-electron chi connectivity index (χ3n) is 6.30. The van der Waals surface area contributed by atoms with E-state index in [1.807, 2.05) is 49.4 Å². The van der Waals surface area contributed by atoms with Crippen LogP contribution in [0, 0.1) is 0 Å². The van der Waals surface area contributed by atoms with Gasteiger partial charge in [0.1, 0.15) is 11.9 Å². The fourth-order valence-electron chi connectivity index (χ4n) is 4.12. The minimum atomic E-state index is -0.683. The standard InChI is InChI=1S/C29H27Cl2NO5/c1-17(18-5-6-20-12-22(34-2)9-7-19(20)11-18)29(33)37-27(14-23-24(30)15-32-16-25(23)31)21-8-10-26(35-3)28(13-21)36-4/h5-13,15-17,27H,14H2,1-4H3/t17-,27?/m1/s1. The van der Waals surface area contributed by atoms with Gasteiger partial charge in [-0.2, -0.15) is 0 Å². The Balaban J connectivity index is 1.65. The first-order valence-electron chi connectivity index (χ1n) is 11.6. The van der Waals surface area contributed by atoms with Crippen molar-refractivity contribution in [2.45, 2.75) is 25.4 Å². The number of carbonyl (C=O) groups excluding carboxylic acids is 1. The molecular formula is C29H27Cl2NO5. The van der Waals surface area contributed by atoms with Crippen LogP contribution in [0.4, 0.5) is 0 Å². The number of pyridine rings is 1. The van der Waals surface area contributed by atoms with Crippen LogP contribution in [0.5, 0.6) is 17.2 Å². The lowest BCUT2D eigenvalue weighted by Gasteiger charge is -2.23. The molecule has 8 heteroatoms. The van der Waals surface area contributed by atoms with E-state index < -0.39 is 12.0 Å². The van der Waals surface area contributed by atoms with E-state index in [2.05, 4.69) is 4.98 Å². The number of benzene rings is 3. The van der Waals surface area contributed by atoms with E-state index >= 15 is 0 Å². The van der Waals surface area contributed by atoms with Gasteiger partial charge >= 0.3 is 5.97 Å². The maximum absolute atomic E-state index is 13.4. The summed E-state index contributed by atoms with van der Waals surface area (Å²) in [5.41, 5.74) is 2.19. The Hall–Kier alpha value is -3.48. The molecule has 1 unspecified atom stereocenters. The van der Waals surface area contributed by atoms with Crippen LogP contribution in [0.15, 0.2) is 67.0 Å². The predicted molar refractivity (Wildman–Crippen MR) is 145 cm³/mol. The van der Waals surface area contributed by atoms with E-state index in [9.17, 15) is 4.79 Å². The Bertz CT molecular complexity index is 1400. The van der Waals surface area contributed by atoms with Crippen LogP contribution in [0.1, 0.15) is 35.6 Å². The van der Waals surface area contributed by atoms with Crippen molar-refractivity contribution in [1.29, 1.82) is 0 Å². The molecular weight excluding hydrogens is 513 g/mol. The molecule has 4 aromatic rings. The molecule has 0 aliphatic carbocycles. The van der Waals surface area contributed by atoms with Crippen LogP contribution >= 0.6 is 23.2 Å². The molecule has 0 bridgehead atoms. The van der Waals surface area contributed by atoms with E-state index in [0.29, 0.717) is 32.7 Å². The number of aromatic nitrogens is 1. The van der Waals surface area contributed by atoms with Gasteiger partial charge in [0, 0.05) is 18.8 Å². The topological polar surface area (TPSA) is 66.9 Å². The molecule has 6 nitrogen and oxygen atoms in total. The van der Waals surface area contributed by atoms with E-state index in [-0.39, 0.29) is 12.4 Å². The molecule has 1 heterocycles. The average molecular weight is 540 g/mol. The molecule has 37 heavy (non-hydrogen) atoms. The Morgan fingerprint density at radius 1 is 0.811 bits per heavy atom. The number of hydrogen-bond donors (Lipinski definition) is 0. The third-order valence-corrected chi connectivity index (χ3v) is 6.96. The third kappa shape index (κ3) is 5.92. The normalized spacial score (nSPS) is 12.6. The minimum Gasteiger partial charge on any atom is -0.497 e. The second kappa shape index (κ2) is 11.7. The smallest absolute Gasteiger partial charge is 0.313 e. The first kappa shape index (κ1) is 26.6. The quantitative estimate of drug-likeness (QED) is 0.209. The highest BCUT2D eigenvalue weighted by Gasteiger charge is 2.26. The summed E-state index contributed by atoms with van der Waals surface area (Å²) >= 11 is 12.8. The molecule has 0 saturated carbocycles. The molecule has 0 N–H and O–H groups in total. The van der Waals surface area contributed by atoms with Crippen molar-refractivity contribution in [3.05, 3.63) is 93.7 Å². The molecule has 0 saturated heterocycles. The van der Waals surface area contributed by atoms with E-state index in [4.69, 9.17) is 42.1 Å². The summed E-state index contributed by atoms with van der Waals surface area (Å²) in [5, 5.41) is 2.82. The fourth-order valence-corrected chi connectivity index (χ4v) is 4.64. The molecule has 0 aliphatic heterocycles. The molecule has 4 rings (SSSR count). The fraction of sp³-hybridized carbons (Fsp3) is 0.241. The molecule has 0 radical (unpaired) electrons. The van der Waals surface area contributed by atoms with Gasteiger partial charge in [-0.25, -0.2) is 0 Å².